The number of rotatable bonds is 7. The summed E-state index contributed by atoms with van der Waals surface area (Å²) in [5.74, 6) is 0.559. The monoisotopic (exact) mass is 329 g/mol. The van der Waals surface area contributed by atoms with Gasteiger partial charge in [-0.1, -0.05) is 36.4 Å². The predicted octanol–water partition coefficient (Wildman–Crippen LogP) is 2.88. The molecule has 0 aliphatic heterocycles. The summed E-state index contributed by atoms with van der Waals surface area (Å²) in [6, 6.07) is 14.8. The van der Waals surface area contributed by atoms with Gasteiger partial charge in [-0.2, -0.15) is 0 Å². The minimum absolute atomic E-state index is 0.0248. The maximum Gasteiger partial charge on any atom is 0.351 e. The molecule has 0 aliphatic carbocycles. The second-order valence-corrected chi connectivity index (χ2v) is 5.60. The first-order valence-corrected chi connectivity index (χ1v) is 7.77. The molecular weight excluding hydrogens is 306 g/mol. The molecule has 2 N–H and O–H groups in total. The molecule has 2 aromatic rings. The number of ether oxygens (including phenoxy) is 3. The molecule has 128 valence electrons. The highest BCUT2D eigenvalue weighted by Crippen LogP contribution is 2.33. The van der Waals surface area contributed by atoms with Gasteiger partial charge in [-0.05, 0) is 31.0 Å². The van der Waals surface area contributed by atoms with Crippen molar-refractivity contribution in [3.8, 4) is 11.5 Å². The quantitative estimate of drug-likeness (QED) is 0.791. The number of benzene rings is 2. The first-order chi connectivity index (χ1) is 11.5. The van der Waals surface area contributed by atoms with Crippen LogP contribution in [0.2, 0.25) is 0 Å². The molecule has 0 amide bonds. The molecule has 0 bridgehead atoms. The van der Waals surface area contributed by atoms with Crippen LogP contribution < -0.4 is 15.2 Å². The van der Waals surface area contributed by atoms with Crippen LogP contribution in [0.3, 0.4) is 0 Å². The summed E-state index contributed by atoms with van der Waals surface area (Å²) in [7, 11) is 2.90. The average Bonchev–Trinajstić information content (AvgIpc) is 2.59. The maximum absolute atomic E-state index is 12.2. The Bertz CT molecular complexity index is 670. The van der Waals surface area contributed by atoms with Crippen LogP contribution in [0.1, 0.15) is 24.2 Å². The SMILES string of the molecule is COC(=O)C(Oc1cc(CC(C)N)ccc1OC)c1ccccc1. The van der Waals surface area contributed by atoms with E-state index >= 15 is 0 Å². The minimum atomic E-state index is -0.865. The molecule has 0 fully saturated rings. The Hall–Kier alpha value is -2.53. The number of carbonyl (C=O) groups is 1. The van der Waals surface area contributed by atoms with Crippen LogP contribution in [-0.2, 0) is 16.0 Å². The van der Waals surface area contributed by atoms with Crippen molar-refractivity contribution >= 4 is 5.97 Å². The lowest BCUT2D eigenvalue weighted by Gasteiger charge is -2.20. The fraction of sp³-hybridized carbons (Fsp3) is 0.316. The molecule has 0 radical (unpaired) electrons. The van der Waals surface area contributed by atoms with E-state index in [1.165, 1.54) is 7.11 Å². The average molecular weight is 329 g/mol. The van der Waals surface area contributed by atoms with E-state index in [2.05, 4.69) is 0 Å². The van der Waals surface area contributed by atoms with E-state index in [-0.39, 0.29) is 6.04 Å². The lowest BCUT2D eigenvalue weighted by Crippen LogP contribution is -2.21. The fourth-order valence-corrected chi connectivity index (χ4v) is 2.43. The van der Waals surface area contributed by atoms with E-state index in [0.29, 0.717) is 23.5 Å². The van der Waals surface area contributed by atoms with Crippen LogP contribution >= 0.6 is 0 Å². The molecule has 0 aromatic heterocycles. The molecule has 2 rings (SSSR count). The van der Waals surface area contributed by atoms with E-state index in [4.69, 9.17) is 19.9 Å². The number of esters is 1. The fourth-order valence-electron chi connectivity index (χ4n) is 2.43. The molecule has 2 unspecified atom stereocenters. The molecule has 0 heterocycles. The van der Waals surface area contributed by atoms with Crippen LogP contribution in [0.25, 0.3) is 0 Å². The lowest BCUT2D eigenvalue weighted by atomic mass is 10.1. The highest BCUT2D eigenvalue weighted by molar-refractivity contribution is 5.77. The second-order valence-electron chi connectivity index (χ2n) is 5.60. The second kappa shape index (κ2) is 8.36. The van der Waals surface area contributed by atoms with Gasteiger partial charge in [0.2, 0.25) is 6.10 Å². The first-order valence-electron chi connectivity index (χ1n) is 7.77. The Morgan fingerprint density at radius 3 is 2.38 bits per heavy atom. The number of nitrogens with two attached hydrogens (primary N) is 1. The molecule has 0 saturated carbocycles. The summed E-state index contributed by atoms with van der Waals surface area (Å²) in [6.07, 6.45) is -0.162. The molecule has 5 nitrogen and oxygen atoms in total. The molecule has 0 aliphatic rings. The zero-order valence-corrected chi connectivity index (χ0v) is 14.2. The van der Waals surface area contributed by atoms with E-state index in [1.54, 1.807) is 7.11 Å². The zero-order valence-electron chi connectivity index (χ0n) is 14.2. The topological polar surface area (TPSA) is 70.8 Å². The van der Waals surface area contributed by atoms with Crippen LogP contribution in [-0.4, -0.2) is 26.2 Å². The largest absolute Gasteiger partial charge is 0.493 e. The molecule has 24 heavy (non-hydrogen) atoms. The summed E-state index contributed by atoms with van der Waals surface area (Å²) in [6.45, 7) is 1.94. The van der Waals surface area contributed by atoms with Crippen molar-refractivity contribution in [2.75, 3.05) is 14.2 Å². The standard InChI is InChI=1S/C19H23NO4/c1-13(20)11-14-9-10-16(22-2)17(12-14)24-18(19(21)23-3)15-7-5-4-6-8-15/h4-10,12-13,18H,11,20H2,1-3H3. The van der Waals surface area contributed by atoms with Crippen LogP contribution in [0.15, 0.2) is 48.5 Å². The van der Waals surface area contributed by atoms with Gasteiger partial charge in [-0.25, -0.2) is 4.79 Å². The van der Waals surface area contributed by atoms with Crippen molar-refractivity contribution in [2.45, 2.75) is 25.5 Å². The summed E-state index contributed by atoms with van der Waals surface area (Å²) in [4.78, 5) is 12.2. The normalized spacial score (nSPS) is 13.0. The Morgan fingerprint density at radius 1 is 1.08 bits per heavy atom. The molecule has 5 heteroatoms. The van der Waals surface area contributed by atoms with Crippen molar-refractivity contribution < 1.29 is 19.0 Å². The smallest absolute Gasteiger partial charge is 0.351 e. The van der Waals surface area contributed by atoms with Gasteiger partial charge in [-0.3, -0.25) is 0 Å². The summed E-state index contributed by atoms with van der Waals surface area (Å²) < 4.78 is 16.2. The van der Waals surface area contributed by atoms with Gasteiger partial charge < -0.3 is 19.9 Å². The predicted molar refractivity (Wildman–Crippen MR) is 92.2 cm³/mol. The third-order valence-corrected chi connectivity index (χ3v) is 3.55. The molecule has 2 atom stereocenters. The van der Waals surface area contributed by atoms with Crippen molar-refractivity contribution in [2.24, 2.45) is 5.73 Å². The van der Waals surface area contributed by atoms with Crippen molar-refractivity contribution in [1.29, 1.82) is 0 Å². The first kappa shape index (κ1) is 17.8. The minimum Gasteiger partial charge on any atom is -0.493 e. The maximum atomic E-state index is 12.2. The van der Waals surface area contributed by atoms with Crippen LogP contribution in [0.5, 0.6) is 11.5 Å². The van der Waals surface area contributed by atoms with Gasteiger partial charge in [0.25, 0.3) is 0 Å². The Kier molecular flexibility index (Phi) is 6.21. The summed E-state index contributed by atoms with van der Waals surface area (Å²) >= 11 is 0. The number of carbonyl (C=O) groups excluding carboxylic acids is 1. The van der Waals surface area contributed by atoms with E-state index in [0.717, 1.165) is 5.56 Å². The lowest BCUT2D eigenvalue weighted by molar-refractivity contribution is -0.149. The highest BCUT2D eigenvalue weighted by atomic mass is 16.6. The van der Waals surface area contributed by atoms with Gasteiger partial charge in [0.15, 0.2) is 11.5 Å². The van der Waals surface area contributed by atoms with E-state index < -0.39 is 12.1 Å². The summed E-state index contributed by atoms with van der Waals surface area (Å²) in [5, 5.41) is 0. The van der Waals surface area contributed by atoms with Gasteiger partial charge in [0, 0.05) is 11.6 Å². The van der Waals surface area contributed by atoms with Crippen molar-refractivity contribution in [3.63, 3.8) is 0 Å². The number of methoxy groups -OCH3 is 2. The number of hydrogen-bond acceptors (Lipinski definition) is 5. The van der Waals surface area contributed by atoms with Crippen LogP contribution in [0.4, 0.5) is 0 Å². The van der Waals surface area contributed by atoms with Crippen LogP contribution in [0, 0.1) is 0 Å². The van der Waals surface area contributed by atoms with Gasteiger partial charge in [0.1, 0.15) is 0 Å². The van der Waals surface area contributed by atoms with Gasteiger partial charge >= 0.3 is 5.97 Å². The Balaban J connectivity index is 2.35. The molecular formula is C19H23NO4. The molecule has 2 aromatic carbocycles. The van der Waals surface area contributed by atoms with Gasteiger partial charge in [-0.15, -0.1) is 0 Å². The van der Waals surface area contributed by atoms with Gasteiger partial charge in [0.05, 0.1) is 14.2 Å². The Morgan fingerprint density at radius 2 is 1.79 bits per heavy atom. The third-order valence-electron chi connectivity index (χ3n) is 3.55. The van der Waals surface area contributed by atoms with Crippen molar-refractivity contribution in [1.82, 2.24) is 0 Å². The number of hydrogen-bond donors (Lipinski definition) is 1. The molecule has 0 spiro atoms. The van der Waals surface area contributed by atoms with E-state index in [1.807, 2.05) is 55.5 Å². The summed E-state index contributed by atoms with van der Waals surface area (Å²) in [5.41, 5.74) is 7.58. The Labute approximate surface area is 142 Å². The highest BCUT2D eigenvalue weighted by Gasteiger charge is 2.25. The molecule has 0 saturated heterocycles. The van der Waals surface area contributed by atoms with Crippen molar-refractivity contribution in [3.05, 3.63) is 59.7 Å². The van der Waals surface area contributed by atoms with E-state index in [9.17, 15) is 4.79 Å². The third kappa shape index (κ3) is 4.49. The zero-order chi connectivity index (χ0) is 17.5.